The second-order valence-electron chi connectivity index (χ2n) is 14.5. The second-order valence-corrected chi connectivity index (χ2v) is 14.5. The average molecular weight is 717 g/mol. The molecular weight excluding hydrogens is 685 g/mol. The first-order chi connectivity index (χ1) is 27.8. The molecule has 262 valence electrons. The molecule has 0 fully saturated rings. The van der Waals surface area contributed by atoms with Crippen LogP contribution >= 0.6 is 0 Å². The van der Waals surface area contributed by atoms with Crippen LogP contribution in [0.3, 0.4) is 0 Å². The summed E-state index contributed by atoms with van der Waals surface area (Å²) in [4.78, 5) is 2.39. The SMILES string of the molecule is c1ccc2c(c1)Oc1cccc3c4cc(-c5ccccc5N(c5ccc(-c6cccc7oc8ccccc8c67)cc5)c5ccc6ccccc6c5)ccc4n-2c13. The molecule has 0 bridgehead atoms. The van der Waals surface area contributed by atoms with Gasteiger partial charge in [0.05, 0.1) is 22.4 Å². The molecule has 0 radical (unpaired) electrons. The average Bonchev–Trinajstić information content (AvgIpc) is 3.81. The minimum Gasteiger partial charge on any atom is -0.456 e. The standard InChI is InChI=1S/C52H32N2O2/c1-2-12-35-31-38(29-23-33(35)11-1)53(37-27-24-34(25-28-37)40-15-9-21-49-51(40)42-14-4-7-19-47(42)55-49)44-17-5-3-13-39(44)36-26-30-45-43(32-36)41-16-10-22-50-52(41)54(45)46-18-6-8-20-48(46)56-50/h1-32H. The molecule has 9 aromatic carbocycles. The number of ether oxygens (including phenoxy) is 1. The number of hydrogen-bond donors (Lipinski definition) is 0. The van der Waals surface area contributed by atoms with E-state index in [-0.39, 0.29) is 0 Å². The van der Waals surface area contributed by atoms with Crippen molar-refractivity contribution in [1.82, 2.24) is 4.57 Å². The predicted octanol–water partition coefficient (Wildman–Crippen LogP) is 14.7. The Morgan fingerprint density at radius 1 is 0.429 bits per heavy atom. The van der Waals surface area contributed by atoms with E-state index >= 15 is 0 Å². The van der Waals surface area contributed by atoms with Crippen molar-refractivity contribution in [3.05, 3.63) is 194 Å². The van der Waals surface area contributed by atoms with Crippen LogP contribution in [0.5, 0.6) is 11.5 Å². The molecule has 3 heterocycles. The van der Waals surface area contributed by atoms with Gasteiger partial charge in [0.2, 0.25) is 0 Å². The van der Waals surface area contributed by atoms with Crippen LogP contribution in [0.15, 0.2) is 199 Å². The van der Waals surface area contributed by atoms with Gasteiger partial charge in [-0.15, -0.1) is 0 Å². The fraction of sp³-hybridized carbons (Fsp3) is 0. The van der Waals surface area contributed by atoms with Crippen molar-refractivity contribution in [2.45, 2.75) is 0 Å². The Balaban J connectivity index is 1.04. The summed E-state index contributed by atoms with van der Waals surface area (Å²) in [5.41, 5.74) is 13.0. The molecule has 4 nitrogen and oxygen atoms in total. The molecule has 0 atom stereocenters. The van der Waals surface area contributed by atoms with E-state index in [1.807, 2.05) is 24.3 Å². The lowest BCUT2D eigenvalue weighted by Crippen LogP contribution is -2.11. The molecule has 4 heteroatoms. The van der Waals surface area contributed by atoms with Crippen LogP contribution in [-0.4, -0.2) is 4.57 Å². The quantitative estimate of drug-likeness (QED) is 0.178. The van der Waals surface area contributed by atoms with E-state index in [0.29, 0.717) is 0 Å². The highest BCUT2D eigenvalue weighted by Gasteiger charge is 2.25. The molecule has 1 aliphatic rings. The highest BCUT2D eigenvalue weighted by Crippen LogP contribution is 2.48. The number of nitrogens with zero attached hydrogens (tertiary/aromatic N) is 2. The van der Waals surface area contributed by atoms with E-state index in [0.717, 1.165) is 89.5 Å². The molecule has 56 heavy (non-hydrogen) atoms. The van der Waals surface area contributed by atoms with E-state index in [9.17, 15) is 0 Å². The Kier molecular flexibility index (Phi) is 6.60. The van der Waals surface area contributed by atoms with Crippen LogP contribution in [0.4, 0.5) is 17.1 Å². The molecule has 0 saturated heterocycles. The summed E-state index contributed by atoms with van der Waals surface area (Å²) in [6.45, 7) is 0. The second kappa shape index (κ2) is 12.0. The molecule has 11 aromatic rings. The monoisotopic (exact) mass is 716 g/mol. The van der Waals surface area contributed by atoms with E-state index in [4.69, 9.17) is 9.15 Å². The molecular formula is C52H32N2O2. The third-order valence-corrected chi connectivity index (χ3v) is 11.4. The Labute approximate surface area is 322 Å². The number of benzene rings is 9. The van der Waals surface area contributed by atoms with E-state index in [1.54, 1.807) is 0 Å². The van der Waals surface area contributed by atoms with Crippen molar-refractivity contribution in [3.63, 3.8) is 0 Å². The van der Waals surface area contributed by atoms with Gasteiger partial charge < -0.3 is 18.6 Å². The number of rotatable bonds is 5. The lowest BCUT2D eigenvalue weighted by molar-refractivity contribution is 0.476. The normalized spacial score (nSPS) is 12.1. The summed E-state index contributed by atoms with van der Waals surface area (Å²) in [6.07, 6.45) is 0. The smallest absolute Gasteiger partial charge is 0.152 e. The highest BCUT2D eigenvalue weighted by atomic mass is 16.5. The van der Waals surface area contributed by atoms with Gasteiger partial charge in [-0.2, -0.15) is 0 Å². The molecule has 0 saturated carbocycles. The first-order valence-electron chi connectivity index (χ1n) is 19.0. The molecule has 0 unspecified atom stereocenters. The summed E-state index contributed by atoms with van der Waals surface area (Å²) >= 11 is 0. The van der Waals surface area contributed by atoms with Gasteiger partial charge in [-0.05, 0) is 100 Å². The largest absolute Gasteiger partial charge is 0.456 e. The molecule has 1 aliphatic heterocycles. The third kappa shape index (κ3) is 4.60. The summed E-state index contributed by atoms with van der Waals surface area (Å²) in [7, 11) is 0. The minimum absolute atomic E-state index is 0.867. The van der Waals surface area contributed by atoms with Crippen LogP contribution in [0.2, 0.25) is 0 Å². The van der Waals surface area contributed by atoms with Gasteiger partial charge in [-0.3, -0.25) is 0 Å². The van der Waals surface area contributed by atoms with Crippen LogP contribution in [-0.2, 0) is 0 Å². The maximum absolute atomic E-state index is 6.41. The fourth-order valence-corrected chi connectivity index (χ4v) is 8.85. The number of anilines is 3. The molecule has 0 aliphatic carbocycles. The minimum atomic E-state index is 0.867. The summed E-state index contributed by atoms with van der Waals surface area (Å²) in [5, 5.41) is 7.04. The molecule has 12 rings (SSSR count). The van der Waals surface area contributed by atoms with E-state index < -0.39 is 0 Å². The molecule has 0 N–H and O–H groups in total. The first-order valence-corrected chi connectivity index (χ1v) is 19.0. The van der Waals surface area contributed by atoms with Gasteiger partial charge in [0.1, 0.15) is 11.2 Å². The summed E-state index contributed by atoms with van der Waals surface area (Å²) in [6, 6.07) is 69.2. The van der Waals surface area contributed by atoms with Crippen LogP contribution in [0.25, 0.3) is 82.5 Å². The van der Waals surface area contributed by atoms with Crippen LogP contribution in [0, 0.1) is 0 Å². The lowest BCUT2D eigenvalue weighted by atomic mass is 9.98. The van der Waals surface area contributed by atoms with Crippen molar-refractivity contribution < 1.29 is 9.15 Å². The molecule has 0 amide bonds. The third-order valence-electron chi connectivity index (χ3n) is 11.4. The summed E-state index contributed by atoms with van der Waals surface area (Å²) < 4.78 is 15.0. The van der Waals surface area contributed by atoms with Crippen molar-refractivity contribution in [2.75, 3.05) is 4.90 Å². The topological polar surface area (TPSA) is 30.5 Å². The Morgan fingerprint density at radius 3 is 2.07 bits per heavy atom. The van der Waals surface area contributed by atoms with Gasteiger partial charge in [0, 0.05) is 38.5 Å². The number of furan rings is 1. The fourth-order valence-electron chi connectivity index (χ4n) is 8.85. The van der Waals surface area contributed by atoms with E-state index in [1.165, 1.54) is 21.5 Å². The molecule has 0 spiro atoms. The van der Waals surface area contributed by atoms with Gasteiger partial charge in [0.25, 0.3) is 0 Å². The van der Waals surface area contributed by atoms with Gasteiger partial charge in [0.15, 0.2) is 11.5 Å². The zero-order valence-electron chi connectivity index (χ0n) is 30.2. The van der Waals surface area contributed by atoms with Gasteiger partial charge in [-0.1, -0.05) is 121 Å². The summed E-state index contributed by atoms with van der Waals surface area (Å²) in [5.74, 6) is 1.74. The Bertz CT molecular complexity index is 3350. The van der Waals surface area contributed by atoms with Gasteiger partial charge in [-0.25, -0.2) is 0 Å². The maximum atomic E-state index is 6.41. The Morgan fingerprint density at radius 2 is 1.12 bits per heavy atom. The van der Waals surface area contributed by atoms with Crippen molar-refractivity contribution in [2.24, 2.45) is 0 Å². The maximum Gasteiger partial charge on any atom is 0.152 e. The molecule has 2 aromatic heterocycles. The highest BCUT2D eigenvalue weighted by molar-refractivity contribution is 6.14. The predicted molar refractivity (Wildman–Crippen MR) is 231 cm³/mol. The lowest BCUT2D eigenvalue weighted by Gasteiger charge is -2.28. The van der Waals surface area contributed by atoms with Crippen molar-refractivity contribution in [3.8, 4) is 39.4 Å². The number of para-hydroxylation sites is 5. The Hall–Kier alpha value is -7.56. The first kappa shape index (κ1) is 30.9. The van der Waals surface area contributed by atoms with Crippen LogP contribution in [0.1, 0.15) is 0 Å². The van der Waals surface area contributed by atoms with Gasteiger partial charge >= 0.3 is 0 Å². The zero-order valence-corrected chi connectivity index (χ0v) is 30.2. The number of hydrogen-bond acceptors (Lipinski definition) is 3. The number of aromatic nitrogens is 1. The van der Waals surface area contributed by atoms with Crippen molar-refractivity contribution >= 4 is 71.6 Å². The van der Waals surface area contributed by atoms with Crippen LogP contribution < -0.4 is 9.64 Å². The van der Waals surface area contributed by atoms with E-state index in [2.05, 4.69) is 179 Å². The zero-order chi connectivity index (χ0) is 36.7. The van der Waals surface area contributed by atoms with Crippen molar-refractivity contribution in [1.29, 1.82) is 0 Å². The number of fused-ring (bicyclic) bond motifs is 9.